The topological polar surface area (TPSA) is 117 Å². The van der Waals surface area contributed by atoms with Crippen LogP contribution in [0.2, 0.25) is 0 Å². The smallest absolute Gasteiger partial charge is 0.358 e. The Morgan fingerprint density at radius 3 is 2.48 bits per heavy atom. The number of carboxylic acids is 2. The molecule has 0 unspecified atom stereocenters. The van der Waals surface area contributed by atoms with Gasteiger partial charge in [-0.15, -0.1) is 10.2 Å². The van der Waals surface area contributed by atoms with Crippen molar-refractivity contribution in [1.29, 1.82) is 0 Å². The number of hydrogen-bond donors (Lipinski definition) is 2. The maximum atomic E-state index is 11.4. The summed E-state index contributed by atoms with van der Waals surface area (Å²) in [4.78, 5) is 26.6. The number of aryl methyl sites for hydroxylation is 2. The first-order chi connectivity index (χ1) is 11.9. The van der Waals surface area contributed by atoms with Gasteiger partial charge >= 0.3 is 11.9 Å². The first-order valence-electron chi connectivity index (χ1n) is 7.34. The monoisotopic (exact) mass is 338 g/mol. The molecule has 0 spiro atoms. The van der Waals surface area contributed by atoms with Gasteiger partial charge in [-0.2, -0.15) is 0 Å². The summed E-state index contributed by atoms with van der Waals surface area (Å²) in [5.74, 6) is -2.22. The van der Waals surface area contributed by atoms with E-state index in [-0.39, 0.29) is 17.1 Å². The molecule has 0 aliphatic carbocycles. The number of rotatable bonds is 4. The molecule has 25 heavy (non-hydrogen) atoms. The van der Waals surface area contributed by atoms with Gasteiger partial charge in [-0.1, -0.05) is 6.07 Å². The molecule has 3 aromatic rings. The van der Waals surface area contributed by atoms with E-state index in [1.165, 1.54) is 16.5 Å². The predicted octanol–water partition coefficient (Wildman–Crippen LogP) is 3.76. The van der Waals surface area contributed by atoms with Crippen LogP contribution in [0.5, 0.6) is 0 Å². The summed E-state index contributed by atoms with van der Waals surface area (Å²) in [5.41, 5.74) is 2.30. The second-order valence-electron chi connectivity index (χ2n) is 5.53. The Hall–Kier alpha value is -3.55. The van der Waals surface area contributed by atoms with Crippen molar-refractivity contribution in [3.8, 4) is 0 Å². The highest BCUT2D eigenvalue weighted by molar-refractivity contribution is 5.92. The third kappa shape index (κ3) is 3.09. The highest BCUT2D eigenvalue weighted by Gasteiger charge is 2.18. The molecule has 0 radical (unpaired) electrons. The summed E-state index contributed by atoms with van der Waals surface area (Å²) in [6.45, 7) is 3.63. The lowest BCUT2D eigenvalue weighted by atomic mass is 10.1. The molecular weight excluding hydrogens is 324 g/mol. The second kappa shape index (κ2) is 6.16. The fourth-order valence-corrected chi connectivity index (χ4v) is 2.32. The Morgan fingerprint density at radius 2 is 1.80 bits per heavy atom. The molecule has 0 saturated heterocycles. The van der Waals surface area contributed by atoms with E-state index in [1.807, 2.05) is 6.92 Å². The van der Waals surface area contributed by atoms with E-state index in [1.54, 1.807) is 31.3 Å². The first kappa shape index (κ1) is 16.3. The van der Waals surface area contributed by atoms with Crippen LogP contribution in [0.3, 0.4) is 0 Å². The minimum absolute atomic E-state index is 0.0719. The van der Waals surface area contributed by atoms with Crippen LogP contribution >= 0.6 is 0 Å². The van der Waals surface area contributed by atoms with Gasteiger partial charge in [-0.3, -0.25) is 4.40 Å². The summed E-state index contributed by atoms with van der Waals surface area (Å²) >= 11 is 0. The molecule has 2 aromatic heterocycles. The van der Waals surface area contributed by atoms with E-state index < -0.39 is 11.9 Å². The predicted molar refractivity (Wildman–Crippen MR) is 89.2 cm³/mol. The van der Waals surface area contributed by atoms with E-state index in [9.17, 15) is 14.7 Å². The maximum Gasteiger partial charge on any atom is 0.358 e. The summed E-state index contributed by atoms with van der Waals surface area (Å²) in [7, 11) is 0. The Kier molecular flexibility index (Phi) is 4.02. The van der Waals surface area contributed by atoms with Crippen LogP contribution in [0.15, 0.2) is 46.8 Å². The van der Waals surface area contributed by atoms with E-state index in [0.29, 0.717) is 11.3 Å². The second-order valence-corrected chi connectivity index (χ2v) is 5.53. The zero-order valence-corrected chi connectivity index (χ0v) is 13.5. The van der Waals surface area contributed by atoms with Crippen LogP contribution in [-0.2, 0) is 0 Å². The average Bonchev–Trinajstić information content (AvgIpc) is 2.91. The Balaban J connectivity index is 2.13. The molecule has 3 rings (SSSR count). The summed E-state index contributed by atoms with van der Waals surface area (Å²) in [5, 5.41) is 26.5. The van der Waals surface area contributed by atoms with Crippen LogP contribution in [0.4, 0.5) is 11.5 Å². The molecule has 8 heteroatoms. The summed E-state index contributed by atoms with van der Waals surface area (Å²) in [6.07, 6.45) is 1.67. The number of aromatic nitrogens is 2. The molecule has 126 valence electrons. The van der Waals surface area contributed by atoms with Gasteiger partial charge in [0.1, 0.15) is 5.65 Å². The number of nitrogens with zero attached hydrogens (tertiary/aromatic N) is 4. The van der Waals surface area contributed by atoms with E-state index in [4.69, 9.17) is 5.11 Å². The lowest BCUT2D eigenvalue weighted by molar-refractivity contribution is 0.0683. The van der Waals surface area contributed by atoms with Crippen molar-refractivity contribution in [3.63, 3.8) is 0 Å². The van der Waals surface area contributed by atoms with Crippen molar-refractivity contribution < 1.29 is 19.8 Å². The maximum absolute atomic E-state index is 11.4. The molecule has 2 N–H and O–H groups in total. The number of carbonyl (C=O) groups is 2. The van der Waals surface area contributed by atoms with Gasteiger partial charge in [0.15, 0.2) is 11.5 Å². The zero-order chi connectivity index (χ0) is 18.1. The highest BCUT2D eigenvalue weighted by atomic mass is 16.4. The van der Waals surface area contributed by atoms with Crippen molar-refractivity contribution in [1.82, 2.24) is 9.38 Å². The highest BCUT2D eigenvalue weighted by Crippen LogP contribution is 2.27. The van der Waals surface area contributed by atoms with Crippen LogP contribution in [0, 0.1) is 13.8 Å². The Labute approximate surface area is 142 Å². The largest absolute Gasteiger partial charge is 0.478 e. The Morgan fingerprint density at radius 1 is 1.04 bits per heavy atom. The summed E-state index contributed by atoms with van der Waals surface area (Å²) < 4.78 is 1.52. The molecule has 1 aromatic carbocycles. The van der Waals surface area contributed by atoms with Gasteiger partial charge in [0.2, 0.25) is 0 Å². The lowest BCUT2D eigenvalue weighted by Gasteiger charge is -2.01. The average molecular weight is 338 g/mol. The number of benzene rings is 1. The number of fused-ring (bicyclic) bond motifs is 1. The molecule has 0 aliphatic heterocycles. The molecule has 8 nitrogen and oxygen atoms in total. The number of carboxylic acid groups (broad SMARTS) is 2. The molecule has 0 bridgehead atoms. The number of pyridine rings is 1. The van der Waals surface area contributed by atoms with Gasteiger partial charge < -0.3 is 10.2 Å². The van der Waals surface area contributed by atoms with E-state index in [0.717, 1.165) is 11.1 Å². The van der Waals surface area contributed by atoms with Crippen molar-refractivity contribution in [2.75, 3.05) is 0 Å². The minimum Gasteiger partial charge on any atom is -0.478 e. The first-order valence-corrected chi connectivity index (χ1v) is 7.34. The zero-order valence-electron chi connectivity index (χ0n) is 13.5. The fourth-order valence-electron chi connectivity index (χ4n) is 2.32. The quantitative estimate of drug-likeness (QED) is 0.702. The molecule has 0 amide bonds. The van der Waals surface area contributed by atoms with Crippen molar-refractivity contribution >= 4 is 29.1 Å². The standard InChI is InChI=1S/C17H14N4O4/c1-9-5-6-21-13(7-9)18-14(17(24)25)15(21)20-19-12-8-11(16(22)23)4-3-10(12)2/h3-8H,1-2H3,(H,22,23)(H,24,25). The lowest BCUT2D eigenvalue weighted by Crippen LogP contribution is -1.97. The van der Waals surface area contributed by atoms with Crippen LogP contribution in [-0.4, -0.2) is 31.5 Å². The normalized spacial score (nSPS) is 11.3. The number of azo groups is 1. The molecule has 0 saturated carbocycles. The Bertz CT molecular complexity index is 1040. The molecule has 0 fully saturated rings. The molecular formula is C17H14N4O4. The van der Waals surface area contributed by atoms with Crippen molar-refractivity contribution in [2.45, 2.75) is 13.8 Å². The van der Waals surface area contributed by atoms with Crippen LogP contribution in [0.1, 0.15) is 32.0 Å². The summed E-state index contributed by atoms with van der Waals surface area (Å²) in [6, 6.07) is 8.01. The SMILES string of the molecule is Cc1ccn2c(N=Nc3cc(C(=O)O)ccc3C)c(C(=O)O)nc2c1. The molecule has 2 heterocycles. The van der Waals surface area contributed by atoms with Gasteiger partial charge in [-0.05, 0) is 49.2 Å². The molecule has 0 atom stereocenters. The third-order valence-corrected chi connectivity index (χ3v) is 3.67. The van der Waals surface area contributed by atoms with E-state index in [2.05, 4.69) is 15.2 Å². The van der Waals surface area contributed by atoms with Crippen molar-refractivity contribution in [3.05, 3.63) is 58.9 Å². The number of imidazole rings is 1. The number of aromatic carboxylic acids is 2. The van der Waals surface area contributed by atoms with Crippen LogP contribution in [0.25, 0.3) is 5.65 Å². The van der Waals surface area contributed by atoms with E-state index >= 15 is 0 Å². The van der Waals surface area contributed by atoms with Gasteiger partial charge in [0, 0.05) is 6.20 Å². The third-order valence-electron chi connectivity index (χ3n) is 3.67. The van der Waals surface area contributed by atoms with Gasteiger partial charge in [0.05, 0.1) is 11.3 Å². The molecule has 0 aliphatic rings. The van der Waals surface area contributed by atoms with Gasteiger partial charge in [0.25, 0.3) is 0 Å². The minimum atomic E-state index is -1.22. The van der Waals surface area contributed by atoms with Crippen molar-refractivity contribution in [2.24, 2.45) is 10.2 Å². The number of hydrogen-bond acceptors (Lipinski definition) is 5. The van der Waals surface area contributed by atoms with Crippen LogP contribution < -0.4 is 0 Å². The fraction of sp³-hybridized carbons (Fsp3) is 0.118. The van der Waals surface area contributed by atoms with Gasteiger partial charge in [-0.25, -0.2) is 14.6 Å².